The molecule has 1 aromatic carbocycles. The molecule has 0 saturated heterocycles. The van der Waals surface area contributed by atoms with Gasteiger partial charge in [0, 0.05) is 25.4 Å². The van der Waals surface area contributed by atoms with E-state index in [1.807, 2.05) is 0 Å². The first kappa shape index (κ1) is 13.0. The average molecular weight is 251 g/mol. The molecule has 18 heavy (non-hydrogen) atoms. The van der Waals surface area contributed by atoms with E-state index in [0.717, 1.165) is 0 Å². The van der Waals surface area contributed by atoms with Crippen molar-refractivity contribution in [1.82, 2.24) is 5.32 Å². The lowest BCUT2D eigenvalue weighted by atomic mass is 10.1. The molecule has 1 aromatic rings. The van der Waals surface area contributed by atoms with Gasteiger partial charge in [-0.3, -0.25) is 4.79 Å². The SMILES string of the molecule is COc1cccc(CC(=O)CCNC2CC2)c1F. The monoisotopic (exact) mass is 251 g/mol. The zero-order valence-corrected chi connectivity index (χ0v) is 10.5. The second-order valence-corrected chi connectivity index (χ2v) is 4.63. The number of benzene rings is 1. The lowest BCUT2D eigenvalue weighted by Gasteiger charge is -2.07. The summed E-state index contributed by atoms with van der Waals surface area (Å²) in [5.74, 6) is -0.185. The van der Waals surface area contributed by atoms with Crippen LogP contribution in [-0.2, 0) is 11.2 Å². The second kappa shape index (κ2) is 5.96. The van der Waals surface area contributed by atoms with Gasteiger partial charge in [-0.1, -0.05) is 12.1 Å². The van der Waals surface area contributed by atoms with Crippen LogP contribution in [-0.4, -0.2) is 25.5 Å². The van der Waals surface area contributed by atoms with Crippen LogP contribution in [0.4, 0.5) is 4.39 Å². The molecule has 1 fully saturated rings. The van der Waals surface area contributed by atoms with Gasteiger partial charge in [-0.05, 0) is 24.5 Å². The molecule has 2 rings (SSSR count). The van der Waals surface area contributed by atoms with E-state index in [1.165, 1.54) is 20.0 Å². The Bertz CT molecular complexity index is 430. The minimum atomic E-state index is -0.427. The molecule has 0 radical (unpaired) electrons. The van der Waals surface area contributed by atoms with Gasteiger partial charge >= 0.3 is 0 Å². The summed E-state index contributed by atoms with van der Waals surface area (Å²) in [5.41, 5.74) is 0.408. The van der Waals surface area contributed by atoms with E-state index < -0.39 is 5.82 Å². The minimum Gasteiger partial charge on any atom is -0.494 e. The van der Waals surface area contributed by atoms with Crippen molar-refractivity contribution in [2.45, 2.75) is 31.7 Å². The molecule has 0 amide bonds. The summed E-state index contributed by atoms with van der Waals surface area (Å²) < 4.78 is 18.7. The molecular weight excluding hydrogens is 233 g/mol. The molecule has 0 unspecified atom stereocenters. The van der Waals surface area contributed by atoms with Gasteiger partial charge in [0.25, 0.3) is 0 Å². The topological polar surface area (TPSA) is 38.3 Å². The number of carbonyl (C=O) groups excluding carboxylic acids is 1. The number of ketones is 1. The zero-order valence-electron chi connectivity index (χ0n) is 10.5. The number of rotatable bonds is 7. The third kappa shape index (κ3) is 3.53. The molecule has 98 valence electrons. The molecule has 0 bridgehead atoms. The Kier molecular flexibility index (Phi) is 4.31. The Hall–Kier alpha value is -1.42. The fourth-order valence-corrected chi connectivity index (χ4v) is 1.85. The van der Waals surface area contributed by atoms with E-state index in [9.17, 15) is 9.18 Å². The molecule has 0 spiro atoms. The largest absolute Gasteiger partial charge is 0.494 e. The lowest BCUT2D eigenvalue weighted by molar-refractivity contribution is -0.118. The molecule has 0 heterocycles. The molecule has 1 aliphatic carbocycles. The van der Waals surface area contributed by atoms with E-state index in [2.05, 4.69) is 5.32 Å². The van der Waals surface area contributed by atoms with Crippen molar-refractivity contribution in [3.63, 3.8) is 0 Å². The van der Waals surface area contributed by atoms with Crippen LogP contribution < -0.4 is 10.1 Å². The van der Waals surface area contributed by atoms with Crippen molar-refractivity contribution in [3.8, 4) is 5.75 Å². The maximum absolute atomic E-state index is 13.8. The van der Waals surface area contributed by atoms with Crippen LogP contribution in [0, 0.1) is 5.82 Å². The highest BCUT2D eigenvalue weighted by Gasteiger charge is 2.20. The smallest absolute Gasteiger partial charge is 0.168 e. The van der Waals surface area contributed by atoms with E-state index in [-0.39, 0.29) is 18.0 Å². The van der Waals surface area contributed by atoms with E-state index >= 15 is 0 Å². The Labute approximate surface area is 106 Å². The summed E-state index contributed by atoms with van der Waals surface area (Å²) in [4.78, 5) is 11.7. The molecule has 0 atom stereocenters. The normalized spacial score (nSPS) is 14.6. The highest BCUT2D eigenvalue weighted by atomic mass is 19.1. The first-order valence-corrected chi connectivity index (χ1v) is 6.27. The zero-order chi connectivity index (χ0) is 13.0. The van der Waals surface area contributed by atoms with Crippen molar-refractivity contribution in [2.24, 2.45) is 0 Å². The number of hydrogen-bond acceptors (Lipinski definition) is 3. The van der Waals surface area contributed by atoms with Crippen molar-refractivity contribution in [1.29, 1.82) is 0 Å². The third-order valence-electron chi connectivity index (χ3n) is 3.07. The first-order valence-electron chi connectivity index (χ1n) is 6.27. The van der Waals surface area contributed by atoms with E-state index in [4.69, 9.17) is 4.74 Å². The summed E-state index contributed by atoms with van der Waals surface area (Å²) in [6, 6.07) is 5.49. The van der Waals surface area contributed by atoms with Crippen LogP contribution >= 0.6 is 0 Å². The number of carbonyl (C=O) groups is 1. The number of Topliss-reactive ketones (excluding diaryl/α,β-unsaturated/α-hetero) is 1. The van der Waals surface area contributed by atoms with Gasteiger partial charge in [0.05, 0.1) is 7.11 Å². The molecule has 0 aromatic heterocycles. The average Bonchev–Trinajstić information content (AvgIpc) is 3.16. The standard InChI is InChI=1S/C14H18FNO2/c1-18-13-4-2-3-10(14(13)15)9-12(17)7-8-16-11-5-6-11/h2-4,11,16H,5-9H2,1H3. The van der Waals surface area contributed by atoms with E-state index in [0.29, 0.717) is 24.6 Å². The van der Waals surface area contributed by atoms with Gasteiger partial charge in [0.2, 0.25) is 0 Å². The molecule has 3 nitrogen and oxygen atoms in total. The van der Waals surface area contributed by atoms with Crippen molar-refractivity contribution < 1.29 is 13.9 Å². The number of ether oxygens (including phenoxy) is 1. The number of nitrogens with one attached hydrogen (secondary N) is 1. The van der Waals surface area contributed by atoms with Gasteiger partial charge < -0.3 is 10.1 Å². The van der Waals surface area contributed by atoms with Gasteiger partial charge in [-0.25, -0.2) is 4.39 Å². The first-order chi connectivity index (χ1) is 8.70. The predicted octanol–water partition coefficient (Wildman–Crippen LogP) is 2.09. The minimum absolute atomic E-state index is 0.0512. The number of hydrogen-bond donors (Lipinski definition) is 1. The molecule has 0 aliphatic heterocycles. The van der Waals surface area contributed by atoms with Gasteiger partial charge in [0.1, 0.15) is 5.78 Å². The van der Waals surface area contributed by atoms with Crippen LogP contribution in [0.15, 0.2) is 18.2 Å². The summed E-state index contributed by atoms with van der Waals surface area (Å²) in [5, 5.41) is 3.27. The molecule has 4 heteroatoms. The maximum atomic E-state index is 13.8. The van der Waals surface area contributed by atoms with Crippen LogP contribution in [0.1, 0.15) is 24.8 Å². The Morgan fingerprint density at radius 3 is 2.94 bits per heavy atom. The molecular formula is C14H18FNO2. The van der Waals surface area contributed by atoms with Crippen LogP contribution in [0.2, 0.25) is 0 Å². The second-order valence-electron chi connectivity index (χ2n) is 4.63. The Morgan fingerprint density at radius 2 is 2.28 bits per heavy atom. The molecule has 1 saturated carbocycles. The molecule has 1 aliphatic rings. The summed E-state index contributed by atoms with van der Waals surface area (Å²) in [7, 11) is 1.42. The van der Waals surface area contributed by atoms with Crippen LogP contribution in [0.5, 0.6) is 5.75 Å². The Balaban J connectivity index is 1.85. The summed E-state index contributed by atoms with van der Waals surface area (Å²) >= 11 is 0. The summed E-state index contributed by atoms with van der Waals surface area (Å²) in [6.45, 7) is 0.690. The third-order valence-corrected chi connectivity index (χ3v) is 3.07. The fraction of sp³-hybridized carbons (Fsp3) is 0.500. The number of halogens is 1. The maximum Gasteiger partial charge on any atom is 0.168 e. The van der Waals surface area contributed by atoms with Crippen LogP contribution in [0.25, 0.3) is 0 Å². The van der Waals surface area contributed by atoms with Crippen molar-refractivity contribution in [3.05, 3.63) is 29.6 Å². The summed E-state index contributed by atoms with van der Waals surface area (Å²) in [6.07, 6.45) is 3.00. The van der Waals surface area contributed by atoms with Gasteiger partial charge in [-0.2, -0.15) is 0 Å². The van der Waals surface area contributed by atoms with Crippen molar-refractivity contribution >= 4 is 5.78 Å². The predicted molar refractivity (Wildman–Crippen MR) is 67.3 cm³/mol. The highest BCUT2D eigenvalue weighted by Crippen LogP contribution is 2.21. The van der Waals surface area contributed by atoms with Crippen molar-refractivity contribution in [2.75, 3.05) is 13.7 Å². The fourth-order valence-electron chi connectivity index (χ4n) is 1.85. The molecule has 1 N–H and O–H groups in total. The number of methoxy groups -OCH3 is 1. The quantitative estimate of drug-likeness (QED) is 0.806. The highest BCUT2D eigenvalue weighted by molar-refractivity contribution is 5.81. The van der Waals surface area contributed by atoms with Gasteiger partial charge in [0.15, 0.2) is 11.6 Å². The van der Waals surface area contributed by atoms with Crippen LogP contribution in [0.3, 0.4) is 0 Å². The Morgan fingerprint density at radius 1 is 1.50 bits per heavy atom. The van der Waals surface area contributed by atoms with Gasteiger partial charge in [-0.15, -0.1) is 0 Å². The van der Waals surface area contributed by atoms with E-state index in [1.54, 1.807) is 18.2 Å². The lowest BCUT2D eigenvalue weighted by Crippen LogP contribution is -2.21.